The molecule has 1 heterocycles. The normalized spacial score (nSPS) is 12.9. The third-order valence-corrected chi connectivity index (χ3v) is 4.71. The third kappa shape index (κ3) is 4.34. The molecule has 1 aliphatic rings. The minimum absolute atomic E-state index is 0.0247. The van der Waals surface area contributed by atoms with Crippen molar-refractivity contribution in [2.24, 2.45) is 0 Å². The maximum atomic E-state index is 13.4. The number of benzene rings is 3. The van der Waals surface area contributed by atoms with Crippen LogP contribution in [0, 0.1) is 0 Å². The molecule has 3 aromatic carbocycles. The van der Waals surface area contributed by atoms with Crippen molar-refractivity contribution >= 4 is 5.91 Å². The molecule has 0 atom stereocenters. The van der Waals surface area contributed by atoms with Crippen molar-refractivity contribution in [3.05, 3.63) is 95.6 Å². The number of hydrogen-bond donors (Lipinski definition) is 0. The van der Waals surface area contributed by atoms with Gasteiger partial charge in [-0.05, 0) is 29.3 Å². The molecule has 0 aromatic heterocycles. The molecular formula is C24H23NO3. The van der Waals surface area contributed by atoms with Crippen molar-refractivity contribution < 1.29 is 14.3 Å². The molecule has 0 fully saturated rings. The lowest BCUT2D eigenvalue weighted by molar-refractivity contribution is 0.0729. The molecule has 0 saturated heterocycles. The van der Waals surface area contributed by atoms with Crippen molar-refractivity contribution in [3.63, 3.8) is 0 Å². The van der Waals surface area contributed by atoms with Crippen molar-refractivity contribution in [2.45, 2.75) is 19.5 Å². The van der Waals surface area contributed by atoms with Crippen LogP contribution in [0.15, 0.2) is 78.9 Å². The summed E-state index contributed by atoms with van der Waals surface area (Å²) in [4.78, 5) is 15.2. The highest BCUT2D eigenvalue weighted by molar-refractivity contribution is 5.95. The van der Waals surface area contributed by atoms with E-state index in [1.54, 1.807) is 6.07 Å². The zero-order valence-electron chi connectivity index (χ0n) is 15.7. The quantitative estimate of drug-likeness (QED) is 0.651. The molecular weight excluding hydrogens is 350 g/mol. The minimum atomic E-state index is -0.0247. The Kier molecular flexibility index (Phi) is 5.57. The molecule has 0 N–H and O–H groups in total. The number of fused-ring (bicyclic) bond motifs is 1. The Morgan fingerprint density at radius 1 is 0.750 bits per heavy atom. The second kappa shape index (κ2) is 8.61. The maximum absolute atomic E-state index is 13.4. The van der Waals surface area contributed by atoms with Crippen LogP contribution >= 0.6 is 0 Å². The van der Waals surface area contributed by atoms with E-state index in [0.717, 1.165) is 17.5 Å². The molecule has 142 valence electrons. The first kappa shape index (κ1) is 18.1. The summed E-state index contributed by atoms with van der Waals surface area (Å²) in [5.74, 6) is 1.32. The van der Waals surface area contributed by atoms with Gasteiger partial charge < -0.3 is 14.4 Å². The van der Waals surface area contributed by atoms with E-state index in [4.69, 9.17) is 9.47 Å². The lowest BCUT2D eigenvalue weighted by Gasteiger charge is -2.23. The molecule has 3 aromatic rings. The molecule has 4 rings (SSSR count). The van der Waals surface area contributed by atoms with E-state index >= 15 is 0 Å². The number of hydrogen-bond acceptors (Lipinski definition) is 3. The zero-order chi connectivity index (χ0) is 19.2. The van der Waals surface area contributed by atoms with Gasteiger partial charge in [0.2, 0.25) is 0 Å². The molecule has 0 spiro atoms. The highest BCUT2D eigenvalue weighted by Gasteiger charge is 2.20. The number of carbonyl (C=O) groups excluding carboxylic acids is 1. The van der Waals surface area contributed by atoms with Crippen molar-refractivity contribution in [1.82, 2.24) is 4.90 Å². The molecule has 0 bridgehead atoms. The van der Waals surface area contributed by atoms with Crippen LogP contribution in [0.2, 0.25) is 0 Å². The summed E-state index contributed by atoms with van der Waals surface area (Å²) in [5, 5.41) is 0. The first-order chi connectivity index (χ1) is 13.8. The number of ether oxygens (including phenoxy) is 2. The summed E-state index contributed by atoms with van der Waals surface area (Å²) in [7, 11) is 0. The van der Waals surface area contributed by atoms with E-state index in [0.29, 0.717) is 43.4 Å². The standard InChI is InChI=1S/C24H23NO3/c26-24(21-12-13-22-23(16-21)28-15-7-14-27-22)25(17-19-8-3-1-4-9-19)18-20-10-5-2-6-11-20/h1-6,8-13,16H,7,14-15,17-18H2. The zero-order valence-corrected chi connectivity index (χ0v) is 15.7. The fraction of sp³-hybridized carbons (Fsp3) is 0.208. The first-order valence-electron chi connectivity index (χ1n) is 9.56. The lowest BCUT2D eigenvalue weighted by atomic mass is 10.1. The summed E-state index contributed by atoms with van der Waals surface area (Å²) < 4.78 is 11.4. The average Bonchev–Trinajstić information content (AvgIpc) is 2.99. The van der Waals surface area contributed by atoms with Crippen molar-refractivity contribution in [1.29, 1.82) is 0 Å². The minimum Gasteiger partial charge on any atom is -0.490 e. The summed E-state index contributed by atoms with van der Waals surface area (Å²) in [6, 6.07) is 25.6. The molecule has 1 aliphatic heterocycles. The monoisotopic (exact) mass is 373 g/mol. The Hall–Kier alpha value is -3.27. The van der Waals surface area contributed by atoms with Gasteiger partial charge in [0.25, 0.3) is 5.91 Å². The van der Waals surface area contributed by atoms with Gasteiger partial charge in [-0.15, -0.1) is 0 Å². The van der Waals surface area contributed by atoms with Crippen molar-refractivity contribution in [3.8, 4) is 11.5 Å². The van der Waals surface area contributed by atoms with Gasteiger partial charge in [0.05, 0.1) is 13.2 Å². The van der Waals surface area contributed by atoms with Crippen LogP contribution in [0.3, 0.4) is 0 Å². The topological polar surface area (TPSA) is 38.8 Å². The highest BCUT2D eigenvalue weighted by atomic mass is 16.5. The fourth-order valence-corrected chi connectivity index (χ4v) is 3.29. The molecule has 1 amide bonds. The molecule has 0 saturated carbocycles. The van der Waals surface area contributed by atoms with Gasteiger partial charge in [0, 0.05) is 25.1 Å². The Morgan fingerprint density at radius 3 is 1.93 bits per heavy atom. The summed E-state index contributed by atoms with van der Waals surface area (Å²) in [6.07, 6.45) is 0.839. The van der Waals surface area contributed by atoms with Gasteiger partial charge in [-0.2, -0.15) is 0 Å². The number of carbonyl (C=O) groups is 1. The van der Waals surface area contributed by atoms with E-state index < -0.39 is 0 Å². The van der Waals surface area contributed by atoms with Crippen LogP contribution < -0.4 is 9.47 Å². The van der Waals surface area contributed by atoms with Crippen LogP contribution in [0.1, 0.15) is 27.9 Å². The fourth-order valence-electron chi connectivity index (χ4n) is 3.29. The average molecular weight is 373 g/mol. The van der Waals surface area contributed by atoms with E-state index in [9.17, 15) is 4.79 Å². The van der Waals surface area contributed by atoms with E-state index in [1.807, 2.05) is 77.7 Å². The Labute approximate surface area is 165 Å². The van der Waals surface area contributed by atoms with Crippen LogP contribution in [0.4, 0.5) is 0 Å². The summed E-state index contributed by atoms with van der Waals surface area (Å²) in [6.45, 7) is 2.32. The molecule has 28 heavy (non-hydrogen) atoms. The molecule has 4 nitrogen and oxygen atoms in total. The maximum Gasteiger partial charge on any atom is 0.254 e. The molecule has 0 aliphatic carbocycles. The SMILES string of the molecule is O=C(c1ccc2c(c1)OCCCO2)N(Cc1ccccc1)Cc1ccccc1. The predicted molar refractivity (Wildman–Crippen MR) is 109 cm³/mol. The van der Waals surface area contributed by atoms with Gasteiger partial charge in [-0.1, -0.05) is 60.7 Å². The van der Waals surface area contributed by atoms with Crippen LogP contribution in [0.25, 0.3) is 0 Å². The van der Waals surface area contributed by atoms with Gasteiger partial charge >= 0.3 is 0 Å². The largest absolute Gasteiger partial charge is 0.490 e. The first-order valence-corrected chi connectivity index (χ1v) is 9.56. The number of rotatable bonds is 5. The Bertz CT molecular complexity index is 884. The van der Waals surface area contributed by atoms with Crippen LogP contribution in [0.5, 0.6) is 11.5 Å². The molecule has 0 unspecified atom stereocenters. The smallest absolute Gasteiger partial charge is 0.254 e. The second-order valence-corrected chi connectivity index (χ2v) is 6.84. The molecule has 4 heteroatoms. The lowest BCUT2D eigenvalue weighted by Crippen LogP contribution is -2.30. The van der Waals surface area contributed by atoms with E-state index in [1.165, 1.54) is 0 Å². The van der Waals surface area contributed by atoms with Gasteiger partial charge in [0.1, 0.15) is 0 Å². The van der Waals surface area contributed by atoms with Gasteiger partial charge in [-0.25, -0.2) is 0 Å². The number of nitrogens with zero attached hydrogens (tertiary/aromatic N) is 1. The highest BCUT2D eigenvalue weighted by Crippen LogP contribution is 2.31. The third-order valence-electron chi connectivity index (χ3n) is 4.71. The van der Waals surface area contributed by atoms with E-state index in [2.05, 4.69) is 0 Å². The van der Waals surface area contributed by atoms with Gasteiger partial charge in [-0.3, -0.25) is 4.79 Å². The van der Waals surface area contributed by atoms with Crippen LogP contribution in [-0.4, -0.2) is 24.0 Å². The number of amides is 1. The van der Waals surface area contributed by atoms with Gasteiger partial charge in [0.15, 0.2) is 11.5 Å². The Balaban J connectivity index is 1.61. The summed E-state index contributed by atoms with van der Waals surface area (Å²) in [5.41, 5.74) is 2.80. The van der Waals surface area contributed by atoms with E-state index in [-0.39, 0.29) is 5.91 Å². The Morgan fingerprint density at radius 2 is 1.32 bits per heavy atom. The second-order valence-electron chi connectivity index (χ2n) is 6.84. The summed E-state index contributed by atoms with van der Waals surface area (Å²) >= 11 is 0. The predicted octanol–water partition coefficient (Wildman–Crippen LogP) is 4.69. The molecule has 0 radical (unpaired) electrons. The van der Waals surface area contributed by atoms with Crippen LogP contribution in [-0.2, 0) is 13.1 Å². The van der Waals surface area contributed by atoms with Crippen molar-refractivity contribution in [2.75, 3.05) is 13.2 Å².